The third-order valence-electron chi connectivity index (χ3n) is 4.39. The van der Waals surface area contributed by atoms with E-state index in [0.717, 1.165) is 12.1 Å². The first-order chi connectivity index (χ1) is 13.7. The lowest BCUT2D eigenvalue weighted by Crippen LogP contribution is -2.46. The summed E-state index contributed by atoms with van der Waals surface area (Å²) in [6.45, 7) is 0.701. The SMILES string of the molecule is NC(=O)c1cc(OC2CCCN(C(=O)Nc3cccc(C(F)(F)F)c3)C2)ccn1. The number of likely N-dealkylation sites (tertiary alicyclic amines) is 1. The number of rotatable bonds is 4. The number of benzene rings is 1. The number of carbonyl (C=O) groups excluding carboxylic acids is 2. The summed E-state index contributed by atoms with van der Waals surface area (Å²) in [7, 11) is 0. The molecule has 2 aromatic rings. The van der Waals surface area contributed by atoms with Crippen LogP contribution < -0.4 is 15.8 Å². The first kappa shape index (κ1) is 20.4. The minimum atomic E-state index is -4.49. The lowest BCUT2D eigenvalue weighted by atomic mass is 10.1. The zero-order chi connectivity index (χ0) is 21.0. The number of pyridine rings is 1. The van der Waals surface area contributed by atoms with Gasteiger partial charge in [0.25, 0.3) is 5.91 Å². The van der Waals surface area contributed by atoms with E-state index >= 15 is 0 Å². The molecule has 3 amide bonds. The third-order valence-corrected chi connectivity index (χ3v) is 4.39. The Balaban J connectivity index is 1.62. The van der Waals surface area contributed by atoms with E-state index in [9.17, 15) is 22.8 Å². The summed E-state index contributed by atoms with van der Waals surface area (Å²) in [4.78, 5) is 29.0. The van der Waals surface area contributed by atoms with Crippen LogP contribution in [-0.4, -0.2) is 41.0 Å². The number of nitrogens with two attached hydrogens (primary N) is 1. The molecule has 0 bridgehead atoms. The number of hydrogen-bond acceptors (Lipinski definition) is 4. The van der Waals surface area contributed by atoms with Crippen LogP contribution in [0.5, 0.6) is 5.75 Å². The fourth-order valence-corrected chi connectivity index (χ4v) is 3.01. The summed E-state index contributed by atoms with van der Waals surface area (Å²) in [5.41, 5.74) is 4.49. The fourth-order valence-electron chi connectivity index (χ4n) is 3.01. The van der Waals surface area contributed by atoms with Gasteiger partial charge in [0.05, 0.1) is 12.1 Å². The number of hydrogen-bond donors (Lipinski definition) is 2. The van der Waals surface area contributed by atoms with E-state index < -0.39 is 23.7 Å². The highest BCUT2D eigenvalue weighted by Crippen LogP contribution is 2.30. The number of amides is 3. The van der Waals surface area contributed by atoms with Crippen molar-refractivity contribution in [3.8, 4) is 5.75 Å². The van der Waals surface area contributed by atoms with Crippen LogP contribution in [-0.2, 0) is 6.18 Å². The Bertz CT molecular complexity index is 904. The van der Waals surface area contributed by atoms with Gasteiger partial charge in [-0.1, -0.05) is 6.07 Å². The van der Waals surface area contributed by atoms with Crippen LogP contribution in [0.4, 0.5) is 23.7 Å². The molecule has 1 atom stereocenters. The molecule has 0 spiro atoms. The molecule has 29 heavy (non-hydrogen) atoms. The Kier molecular flexibility index (Phi) is 5.90. The standard InChI is InChI=1S/C19H19F3N4O3/c20-19(21,22)12-3-1-4-13(9-12)25-18(28)26-8-2-5-15(11-26)29-14-6-7-24-16(10-14)17(23)27/h1,3-4,6-7,9-10,15H,2,5,8,11H2,(H2,23,27)(H,25,28). The van der Waals surface area contributed by atoms with Crippen molar-refractivity contribution < 1.29 is 27.5 Å². The van der Waals surface area contributed by atoms with E-state index in [0.29, 0.717) is 25.1 Å². The lowest BCUT2D eigenvalue weighted by molar-refractivity contribution is -0.137. The van der Waals surface area contributed by atoms with Crippen molar-refractivity contribution in [3.05, 3.63) is 53.9 Å². The number of piperidine rings is 1. The van der Waals surface area contributed by atoms with Crippen molar-refractivity contribution in [2.24, 2.45) is 5.73 Å². The molecule has 0 radical (unpaired) electrons. The summed E-state index contributed by atoms with van der Waals surface area (Å²) in [5.74, 6) is -0.278. The first-order valence-corrected chi connectivity index (χ1v) is 8.88. The Hall–Kier alpha value is -3.30. The van der Waals surface area contributed by atoms with E-state index in [4.69, 9.17) is 10.5 Å². The molecular weight excluding hydrogens is 389 g/mol. The molecule has 1 aliphatic rings. The maximum absolute atomic E-state index is 12.8. The number of aromatic nitrogens is 1. The average molecular weight is 408 g/mol. The number of halogens is 3. The Morgan fingerprint density at radius 2 is 2.03 bits per heavy atom. The Labute approximate surface area is 164 Å². The van der Waals surface area contributed by atoms with Crippen LogP contribution in [0.2, 0.25) is 0 Å². The number of ether oxygens (including phenoxy) is 1. The van der Waals surface area contributed by atoms with Gasteiger partial charge >= 0.3 is 12.2 Å². The molecular formula is C19H19F3N4O3. The van der Waals surface area contributed by atoms with E-state index in [1.165, 1.54) is 29.3 Å². The zero-order valence-corrected chi connectivity index (χ0v) is 15.3. The molecule has 1 unspecified atom stereocenters. The molecule has 3 rings (SSSR count). The highest BCUT2D eigenvalue weighted by Gasteiger charge is 2.31. The van der Waals surface area contributed by atoms with Gasteiger partial charge in [0, 0.05) is 24.5 Å². The average Bonchev–Trinajstić information content (AvgIpc) is 2.68. The predicted molar refractivity (Wildman–Crippen MR) is 98.4 cm³/mol. The first-order valence-electron chi connectivity index (χ1n) is 8.88. The van der Waals surface area contributed by atoms with Gasteiger partial charge in [-0.05, 0) is 37.1 Å². The number of primary amides is 1. The summed E-state index contributed by atoms with van der Waals surface area (Å²) in [6, 6.07) is 6.95. The molecule has 1 aromatic carbocycles. The number of nitrogens with zero attached hydrogens (tertiary/aromatic N) is 2. The number of anilines is 1. The van der Waals surface area contributed by atoms with Crippen LogP contribution in [0, 0.1) is 0 Å². The summed E-state index contributed by atoms with van der Waals surface area (Å²) < 4.78 is 44.3. The third kappa shape index (κ3) is 5.37. The monoisotopic (exact) mass is 408 g/mol. The van der Waals surface area contributed by atoms with Crippen LogP contribution in [0.1, 0.15) is 28.9 Å². The highest BCUT2D eigenvalue weighted by molar-refractivity contribution is 5.91. The molecule has 2 heterocycles. The maximum Gasteiger partial charge on any atom is 0.416 e. The van der Waals surface area contributed by atoms with Crippen LogP contribution >= 0.6 is 0 Å². The van der Waals surface area contributed by atoms with Crippen LogP contribution in [0.15, 0.2) is 42.6 Å². The Morgan fingerprint density at radius 1 is 1.24 bits per heavy atom. The van der Waals surface area contributed by atoms with E-state index in [1.54, 1.807) is 6.07 Å². The van der Waals surface area contributed by atoms with Crippen molar-refractivity contribution >= 4 is 17.6 Å². The number of carbonyl (C=O) groups is 2. The van der Waals surface area contributed by atoms with Gasteiger partial charge in [-0.2, -0.15) is 13.2 Å². The van der Waals surface area contributed by atoms with Gasteiger partial charge in [0.2, 0.25) is 0 Å². The smallest absolute Gasteiger partial charge is 0.416 e. The summed E-state index contributed by atoms with van der Waals surface area (Å²) in [6.07, 6.45) is -2.08. The van der Waals surface area contributed by atoms with Gasteiger partial charge in [0.15, 0.2) is 0 Å². The Morgan fingerprint density at radius 3 is 2.76 bits per heavy atom. The van der Waals surface area contributed by atoms with Gasteiger partial charge < -0.3 is 20.7 Å². The van der Waals surface area contributed by atoms with Crippen molar-refractivity contribution in [2.45, 2.75) is 25.1 Å². The number of alkyl halides is 3. The van der Waals surface area contributed by atoms with E-state index in [-0.39, 0.29) is 24.0 Å². The number of urea groups is 1. The molecule has 1 saturated heterocycles. The second-order valence-electron chi connectivity index (χ2n) is 6.58. The van der Waals surface area contributed by atoms with Crippen molar-refractivity contribution in [1.29, 1.82) is 0 Å². The molecule has 7 nitrogen and oxygen atoms in total. The normalized spacial score (nSPS) is 16.9. The van der Waals surface area contributed by atoms with Gasteiger partial charge in [-0.3, -0.25) is 9.78 Å². The van der Waals surface area contributed by atoms with Crippen molar-refractivity contribution in [2.75, 3.05) is 18.4 Å². The molecule has 1 fully saturated rings. The van der Waals surface area contributed by atoms with Gasteiger partial charge in [-0.15, -0.1) is 0 Å². The van der Waals surface area contributed by atoms with Crippen LogP contribution in [0.25, 0.3) is 0 Å². The second kappa shape index (κ2) is 8.38. The topological polar surface area (TPSA) is 97.6 Å². The largest absolute Gasteiger partial charge is 0.488 e. The quantitative estimate of drug-likeness (QED) is 0.811. The molecule has 0 aliphatic carbocycles. The van der Waals surface area contributed by atoms with Crippen molar-refractivity contribution in [1.82, 2.24) is 9.88 Å². The summed E-state index contributed by atoms with van der Waals surface area (Å²) >= 11 is 0. The van der Waals surface area contributed by atoms with Crippen molar-refractivity contribution in [3.63, 3.8) is 0 Å². The van der Waals surface area contributed by atoms with E-state index in [2.05, 4.69) is 10.3 Å². The highest BCUT2D eigenvalue weighted by atomic mass is 19.4. The lowest BCUT2D eigenvalue weighted by Gasteiger charge is -2.33. The van der Waals surface area contributed by atoms with Crippen LogP contribution in [0.3, 0.4) is 0 Å². The predicted octanol–water partition coefficient (Wildman–Crippen LogP) is 3.27. The molecule has 3 N–H and O–H groups in total. The fraction of sp³-hybridized carbons (Fsp3) is 0.316. The minimum Gasteiger partial charge on any atom is -0.488 e. The van der Waals surface area contributed by atoms with Gasteiger partial charge in [0.1, 0.15) is 17.5 Å². The minimum absolute atomic E-state index is 0.0631. The zero-order valence-electron chi connectivity index (χ0n) is 15.3. The molecule has 10 heteroatoms. The summed E-state index contributed by atoms with van der Waals surface area (Å²) in [5, 5.41) is 2.49. The molecule has 0 saturated carbocycles. The molecule has 154 valence electrons. The second-order valence-corrected chi connectivity index (χ2v) is 6.58. The molecule has 1 aliphatic heterocycles. The molecule has 1 aromatic heterocycles. The number of nitrogens with one attached hydrogen (secondary N) is 1. The maximum atomic E-state index is 12.8. The van der Waals surface area contributed by atoms with Gasteiger partial charge in [-0.25, -0.2) is 4.79 Å². The van der Waals surface area contributed by atoms with E-state index in [1.807, 2.05) is 0 Å².